The van der Waals surface area contributed by atoms with Crippen LogP contribution in [0.3, 0.4) is 0 Å². The lowest BCUT2D eigenvalue weighted by atomic mass is 9.85. The van der Waals surface area contributed by atoms with Gasteiger partial charge in [-0.3, -0.25) is 19.3 Å². The molecule has 0 saturated carbocycles. The fourth-order valence-corrected chi connectivity index (χ4v) is 7.41. The van der Waals surface area contributed by atoms with Crippen LogP contribution < -0.4 is 10.6 Å². The molecule has 50 heavy (non-hydrogen) atoms. The van der Waals surface area contributed by atoms with E-state index in [4.69, 9.17) is 4.74 Å². The normalized spacial score (nSPS) is 20.1. The molecule has 276 valence electrons. The highest BCUT2D eigenvalue weighted by Crippen LogP contribution is 2.30. The number of aromatic nitrogens is 1. The van der Waals surface area contributed by atoms with Gasteiger partial charge in [0.25, 0.3) is 0 Å². The first-order valence-corrected chi connectivity index (χ1v) is 18.5. The van der Waals surface area contributed by atoms with E-state index >= 15 is 0 Å². The van der Waals surface area contributed by atoms with Gasteiger partial charge < -0.3 is 30.3 Å². The average Bonchev–Trinajstić information content (AvgIpc) is 3.63. The first kappa shape index (κ1) is 39.2. The van der Waals surface area contributed by atoms with Crippen LogP contribution in [0.5, 0.6) is 0 Å². The summed E-state index contributed by atoms with van der Waals surface area (Å²) in [5.74, 6) is -0.712. The molecule has 0 radical (unpaired) electrons. The lowest BCUT2D eigenvalue weighted by Crippen LogP contribution is -2.58. The highest BCUT2D eigenvalue weighted by Gasteiger charge is 2.44. The van der Waals surface area contributed by atoms with Crippen molar-refractivity contribution < 1.29 is 29.0 Å². The van der Waals surface area contributed by atoms with E-state index in [1.165, 1.54) is 4.90 Å². The molecule has 2 aliphatic heterocycles. The highest BCUT2D eigenvalue weighted by molar-refractivity contribution is 7.13. The van der Waals surface area contributed by atoms with Crippen LogP contribution in [-0.2, 0) is 19.1 Å². The number of thiazole rings is 1. The molecule has 0 aliphatic carbocycles. The van der Waals surface area contributed by atoms with Gasteiger partial charge in [0.05, 0.1) is 34.8 Å². The van der Waals surface area contributed by atoms with E-state index in [0.717, 1.165) is 34.5 Å². The number of hydrogen-bond acceptors (Lipinski definition) is 9. The number of aliphatic hydroxyl groups is 1. The number of aliphatic hydroxyl groups excluding tert-OH is 1. The lowest BCUT2D eigenvalue weighted by molar-refractivity contribution is -0.144. The van der Waals surface area contributed by atoms with Gasteiger partial charge in [0, 0.05) is 32.6 Å². The third-order valence-corrected chi connectivity index (χ3v) is 10.3. The number of nitrogens with zero attached hydrogens (tertiary/aromatic N) is 4. The summed E-state index contributed by atoms with van der Waals surface area (Å²) in [6, 6.07) is 5.87. The summed E-state index contributed by atoms with van der Waals surface area (Å²) in [5.41, 5.74) is 3.58. The van der Waals surface area contributed by atoms with Gasteiger partial charge >= 0.3 is 6.09 Å². The van der Waals surface area contributed by atoms with E-state index in [1.54, 1.807) is 16.2 Å². The van der Waals surface area contributed by atoms with Crippen molar-refractivity contribution >= 4 is 35.2 Å². The second kappa shape index (κ2) is 16.2. The van der Waals surface area contributed by atoms with Gasteiger partial charge in [-0.05, 0) is 77.0 Å². The molecular weight excluding hydrogens is 657 g/mol. The number of likely N-dealkylation sites (tertiary alicyclic amines) is 2. The first-order valence-electron chi connectivity index (χ1n) is 17.6. The summed E-state index contributed by atoms with van der Waals surface area (Å²) in [7, 11) is 1.88. The Bertz CT molecular complexity index is 1490. The maximum absolute atomic E-state index is 14.1. The van der Waals surface area contributed by atoms with Crippen LogP contribution in [0.2, 0.25) is 0 Å². The van der Waals surface area contributed by atoms with Crippen molar-refractivity contribution in [2.75, 3.05) is 39.8 Å². The number of β-amino-alcohol motifs (C(OH)–C–C–N with tert-alkyl or cyclic N) is 1. The summed E-state index contributed by atoms with van der Waals surface area (Å²) >= 11 is 1.58. The second-order valence-electron chi connectivity index (χ2n) is 16.0. The Morgan fingerprint density at radius 1 is 1.06 bits per heavy atom. The number of piperidine rings is 1. The molecule has 1 aromatic carbocycles. The summed E-state index contributed by atoms with van der Waals surface area (Å²) in [6.45, 7) is 17.0. The number of likely N-dealkylation sites (N-methyl/N-ethyl adjacent to an activating group) is 1. The smallest absolute Gasteiger partial charge is 0.410 e. The second-order valence-corrected chi connectivity index (χ2v) is 16.8. The van der Waals surface area contributed by atoms with Crippen molar-refractivity contribution in [1.82, 2.24) is 30.3 Å². The van der Waals surface area contributed by atoms with Gasteiger partial charge in [0.2, 0.25) is 17.7 Å². The zero-order chi connectivity index (χ0) is 37.0. The van der Waals surface area contributed by atoms with Crippen LogP contribution >= 0.6 is 11.3 Å². The van der Waals surface area contributed by atoms with Gasteiger partial charge in [0.1, 0.15) is 17.7 Å². The van der Waals surface area contributed by atoms with Crippen molar-refractivity contribution in [3.05, 3.63) is 41.0 Å². The van der Waals surface area contributed by atoms with E-state index in [9.17, 15) is 24.3 Å². The van der Waals surface area contributed by atoms with Crippen LogP contribution in [0.4, 0.5) is 4.79 Å². The average molecular weight is 713 g/mol. The number of benzene rings is 1. The fraction of sp³-hybridized carbons (Fsp3) is 0.649. The number of ether oxygens (including phenoxy) is 1. The Morgan fingerprint density at radius 2 is 1.70 bits per heavy atom. The first-order chi connectivity index (χ1) is 23.3. The zero-order valence-corrected chi connectivity index (χ0v) is 31.9. The number of carbonyl (C=O) groups excluding carboxylic acids is 4. The maximum atomic E-state index is 14.1. The van der Waals surface area contributed by atoms with Gasteiger partial charge in [-0.2, -0.15) is 0 Å². The van der Waals surface area contributed by atoms with Crippen LogP contribution in [0, 0.1) is 18.3 Å². The van der Waals surface area contributed by atoms with E-state index in [1.807, 2.05) is 97.1 Å². The number of hydrogen-bond donors (Lipinski definition) is 3. The molecule has 4 amide bonds. The van der Waals surface area contributed by atoms with Crippen LogP contribution in [0.1, 0.15) is 85.0 Å². The Kier molecular flexibility index (Phi) is 12.7. The van der Waals surface area contributed by atoms with Crippen molar-refractivity contribution in [2.24, 2.45) is 11.3 Å². The molecule has 3 N–H and O–H groups in total. The fourth-order valence-electron chi connectivity index (χ4n) is 6.60. The number of amides is 4. The monoisotopic (exact) mass is 712 g/mol. The molecule has 12 nitrogen and oxygen atoms in total. The molecule has 1 aromatic heterocycles. The van der Waals surface area contributed by atoms with Gasteiger partial charge in [-0.1, -0.05) is 45.0 Å². The Labute approximate surface area is 300 Å². The molecule has 0 spiro atoms. The number of rotatable bonds is 10. The SMILES string of the molecule is Cc1ncsc1-c1ccc([C@H](C)NC(=O)[C@@H]2C[C@@H](O)CN2C(=O)[C@@H](NC(=O)CN(C)CC2CCN(C(=O)OC(C)(C)C)CC2)C(C)(C)C)cc1. The molecule has 13 heteroatoms. The number of carbonyl (C=O) groups is 4. The van der Waals surface area contributed by atoms with Crippen molar-refractivity contribution in [3.63, 3.8) is 0 Å². The molecule has 3 heterocycles. The zero-order valence-electron chi connectivity index (χ0n) is 31.1. The van der Waals surface area contributed by atoms with E-state index in [2.05, 4.69) is 15.6 Å². The number of aryl methyl sites for hydroxylation is 1. The Morgan fingerprint density at radius 3 is 2.26 bits per heavy atom. The predicted octanol–water partition coefficient (Wildman–Crippen LogP) is 4.37. The van der Waals surface area contributed by atoms with Gasteiger partial charge in [-0.15, -0.1) is 11.3 Å². The van der Waals surface area contributed by atoms with Crippen molar-refractivity contribution in [1.29, 1.82) is 0 Å². The molecule has 0 bridgehead atoms. The van der Waals surface area contributed by atoms with E-state index < -0.39 is 35.1 Å². The molecule has 4 rings (SSSR count). The minimum atomic E-state index is -0.902. The predicted molar refractivity (Wildman–Crippen MR) is 194 cm³/mol. The molecule has 2 saturated heterocycles. The van der Waals surface area contributed by atoms with Crippen LogP contribution in [0.15, 0.2) is 29.8 Å². The molecule has 2 fully saturated rings. The minimum absolute atomic E-state index is 0.0124. The number of nitrogens with one attached hydrogen (secondary N) is 2. The molecule has 4 atom stereocenters. The van der Waals surface area contributed by atoms with Crippen LogP contribution in [-0.4, -0.2) is 112 Å². The third kappa shape index (κ3) is 10.5. The van der Waals surface area contributed by atoms with E-state index in [0.29, 0.717) is 25.6 Å². The molecule has 0 unspecified atom stereocenters. The quantitative estimate of drug-likeness (QED) is 0.330. The standard InChI is InChI=1S/C37H56N6O6S/c1-23(26-10-12-27(13-11-26)31-24(2)38-22-50-31)39-33(46)29-18-28(44)20-43(29)34(47)32(36(3,4)5)40-30(45)21-41(9)19-25-14-16-42(17-15-25)35(48)49-37(6,7)8/h10-13,22-23,25,28-29,32,44H,14-21H2,1-9H3,(H,39,46)(H,40,45)/t23-,28+,29-,32+/m0/s1. The largest absolute Gasteiger partial charge is 0.444 e. The Balaban J connectivity index is 1.32. The Hall–Kier alpha value is -3.55. The molecule has 2 aromatic rings. The topological polar surface area (TPSA) is 144 Å². The van der Waals surface area contributed by atoms with E-state index in [-0.39, 0.29) is 43.5 Å². The van der Waals surface area contributed by atoms with Gasteiger partial charge in [-0.25, -0.2) is 9.78 Å². The summed E-state index contributed by atoms with van der Waals surface area (Å²) in [6.07, 6.45) is 0.594. The molecular formula is C37H56N6O6S. The third-order valence-electron chi connectivity index (χ3n) is 9.31. The molecule has 2 aliphatic rings. The highest BCUT2D eigenvalue weighted by atomic mass is 32.1. The van der Waals surface area contributed by atoms with Crippen molar-refractivity contribution in [3.8, 4) is 10.4 Å². The minimum Gasteiger partial charge on any atom is -0.444 e. The van der Waals surface area contributed by atoms with Crippen molar-refractivity contribution in [2.45, 2.75) is 104 Å². The summed E-state index contributed by atoms with van der Waals surface area (Å²) in [5, 5.41) is 16.6. The summed E-state index contributed by atoms with van der Waals surface area (Å²) in [4.78, 5) is 63.9. The maximum Gasteiger partial charge on any atom is 0.410 e. The lowest BCUT2D eigenvalue weighted by Gasteiger charge is -2.36. The van der Waals surface area contributed by atoms with Crippen LogP contribution in [0.25, 0.3) is 10.4 Å². The summed E-state index contributed by atoms with van der Waals surface area (Å²) < 4.78 is 5.50. The van der Waals surface area contributed by atoms with Gasteiger partial charge in [0.15, 0.2) is 0 Å².